The van der Waals surface area contributed by atoms with Gasteiger partial charge in [0.05, 0.1) is 12.6 Å². The average molecular weight is 450 g/mol. The van der Waals surface area contributed by atoms with Crippen molar-refractivity contribution < 1.29 is 37.0 Å². The fraction of sp³-hybridized carbons (Fsp3) is 0.364. The van der Waals surface area contributed by atoms with E-state index in [-0.39, 0.29) is 49.8 Å². The van der Waals surface area contributed by atoms with Gasteiger partial charge >= 0.3 is 12.5 Å². The summed E-state index contributed by atoms with van der Waals surface area (Å²) in [6.07, 6.45) is -4.87. The van der Waals surface area contributed by atoms with Crippen molar-refractivity contribution in [1.29, 1.82) is 0 Å². The lowest BCUT2D eigenvalue weighted by Gasteiger charge is -2.40. The topological polar surface area (TPSA) is 68.3 Å². The summed E-state index contributed by atoms with van der Waals surface area (Å²) in [4.78, 5) is 28.1. The van der Waals surface area contributed by atoms with E-state index < -0.39 is 12.5 Å². The van der Waals surface area contributed by atoms with Crippen LogP contribution in [0.25, 0.3) is 0 Å². The standard InChI is InChI=1S/C22H21F3N2O5/c23-22(24,25)32-16-6-7-17-18(8-11-30-19(17)12-16)27-10-9-26(13-20(27)28)21(29)31-14-15-4-2-1-3-5-15/h1-7,12,18H,8-11,13-14H2. The van der Waals surface area contributed by atoms with Gasteiger partial charge in [-0.05, 0) is 17.7 Å². The summed E-state index contributed by atoms with van der Waals surface area (Å²) in [7, 11) is 0. The van der Waals surface area contributed by atoms with Crippen molar-refractivity contribution in [3.05, 3.63) is 59.7 Å². The Morgan fingerprint density at radius 2 is 1.91 bits per heavy atom. The number of ether oxygens (including phenoxy) is 3. The van der Waals surface area contributed by atoms with Crippen molar-refractivity contribution in [2.45, 2.75) is 25.4 Å². The van der Waals surface area contributed by atoms with Crippen LogP contribution in [0, 0.1) is 0 Å². The summed E-state index contributed by atoms with van der Waals surface area (Å²) in [6.45, 7) is 0.810. The number of carbonyl (C=O) groups excluding carboxylic acids is 2. The van der Waals surface area contributed by atoms with Gasteiger partial charge in [-0.1, -0.05) is 30.3 Å². The van der Waals surface area contributed by atoms with Gasteiger partial charge in [-0.15, -0.1) is 13.2 Å². The lowest BCUT2D eigenvalue weighted by atomic mass is 9.98. The van der Waals surface area contributed by atoms with Crippen LogP contribution in [0.3, 0.4) is 0 Å². The SMILES string of the molecule is O=C(OCc1ccccc1)N1CCN(C2CCOc3cc(OC(F)(F)F)ccc32)C(=O)C1. The minimum atomic E-state index is -4.80. The minimum absolute atomic E-state index is 0.115. The van der Waals surface area contributed by atoms with E-state index in [1.165, 1.54) is 23.1 Å². The van der Waals surface area contributed by atoms with E-state index in [4.69, 9.17) is 9.47 Å². The number of nitrogens with zero attached hydrogens (tertiary/aromatic N) is 2. The highest BCUT2D eigenvalue weighted by Gasteiger charge is 2.36. The van der Waals surface area contributed by atoms with Crippen molar-refractivity contribution in [2.24, 2.45) is 0 Å². The molecule has 170 valence electrons. The summed E-state index contributed by atoms with van der Waals surface area (Å²) >= 11 is 0. The van der Waals surface area contributed by atoms with Gasteiger partial charge in [-0.3, -0.25) is 9.69 Å². The fourth-order valence-electron chi connectivity index (χ4n) is 3.85. The molecule has 2 aliphatic rings. The van der Waals surface area contributed by atoms with Gasteiger partial charge in [0.2, 0.25) is 5.91 Å². The van der Waals surface area contributed by atoms with Crippen LogP contribution in [0.5, 0.6) is 11.5 Å². The maximum atomic E-state index is 12.8. The maximum Gasteiger partial charge on any atom is 0.573 e. The molecule has 2 heterocycles. The molecular formula is C22H21F3N2O5. The predicted molar refractivity (Wildman–Crippen MR) is 106 cm³/mol. The number of rotatable bonds is 4. The molecule has 1 saturated heterocycles. The van der Waals surface area contributed by atoms with Gasteiger partial charge in [0.1, 0.15) is 24.7 Å². The first-order valence-corrected chi connectivity index (χ1v) is 10.1. The fourth-order valence-corrected chi connectivity index (χ4v) is 3.85. The lowest BCUT2D eigenvalue weighted by Crippen LogP contribution is -2.53. The van der Waals surface area contributed by atoms with Crippen molar-refractivity contribution in [3.63, 3.8) is 0 Å². The van der Waals surface area contributed by atoms with E-state index in [1.807, 2.05) is 30.3 Å². The number of piperazine rings is 1. The second-order valence-electron chi connectivity index (χ2n) is 7.45. The first-order valence-electron chi connectivity index (χ1n) is 10.1. The molecule has 0 N–H and O–H groups in total. The highest BCUT2D eigenvalue weighted by molar-refractivity contribution is 5.84. The van der Waals surface area contributed by atoms with Crippen molar-refractivity contribution in [3.8, 4) is 11.5 Å². The van der Waals surface area contributed by atoms with Gasteiger partial charge in [-0.25, -0.2) is 4.79 Å². The van der Waals surface area contributed by atoms with Crippen LogP contribution in [0.4, 0.5) is 18.0 Å². The smallest absolute Gasteiger partial charge is 0.493 e. The van der Waals surface area contributed by atoms with Crippen LogP contribution in [0.15, 0.2) is 48.5 Å². The summed E-state index contributed by atoms with van der Waals surface area (Å²) in [6, 6.07) is 12.7. The quantitative estimate of drug-likeness (QED) is 0.707. The number of halogens is 3. The first-order chi connectivity index (χ1) is 15.3. The molecule has 0 aliphatic carbocycles. The molecule has 2 aromatic rings. The Morgan fingerprint density at radius 1 is 1.12 bits per heavy atom. The monoisotopic (exact) mass is 450 g/mol. The molecule has 2 aromatic carbocycles. The van der Waals surface area contributed by atoms with Crippen LogP contribution in [0.2, 0.25) is 0 Å². The maximum absolute atomic E-state index is 12.8. The highest BCUT2D eigenvalue weighted by Crippen LogP contribution is 2.39. The number of hydrogen-bond donors (Lipinski definition) is 0. The molecule has 2 aliphatic heterocycles. The molecule has 1 unspecified atom stereocenters. The molecule has 0 saturated carbocycles. The van der Waals surface area contributed by atoms with E-state index in [1.54, 1.807) is 4.90 Å². The minimum Gasteiger partial charge on any atom is -0.493 e. The third-order valence-corrected chi connectivity index (χ3v) is 5.32. The summed E-state index contributed by atoms with van der Waals surface area (Å²) < 4.78 is 52.2. The zero-order valence-corrected chi connectivity index (χ0v) is 17.0. The zero-order valence-electron chi connectivity index (χ0n) is 17.0. The second kappa shape index (κ2) is 8.97. The highest BCUT2D eigenvalue weighted by atomic mass is 19.4. The predicted octanol–water partition coefficient (Wildman–Crippen LogP) is 3.89. The molecule has 1 atom stereocenters. The molecule has 0 aromatic heterocycles. The molecule has 0 bridgehead atoms. The molecule has 1 fully saturated rings. The van der Waals surface area contributed by atoms with Crippen LogP contribution in [-0.4, -0.2) is 54.4 Å². The van der Waals surface area contributed by atoms with Gasteiger partial charge in [0.25, 0.3) is 0 Å². The lowest BCUT2D eigenvalue weighted by molar-refractivity contribution is -0.274. The Morgan fingerprint density at radius 3 is 2.62 bits per heavy atom. The summed E-state index contributed by atoms with van der Waals surface area (Å²) in [5.41, 5.74) is 1.46. The molecular weight excluding hydrogens is 429 g/mol. The van der Waals surface area contributed by atoms with E-state index in [0.717, 1.165) is 5.56 Å². The Balaban J connectivity index is 1.39. The molecule has 0 radical (unpaired) electrons. The van der Waals surface area contributed by atoms with E-state index >= 15 is 0 Å². The Kier molecular flexibility index (Phi) is 6.11. The van der Waals surface area contributed by atoms with Gasteiger partial charge in [0.15, 0.2) is 0 Å². The third kappa shape index (κ3) is 5.06. The summed E-state index contributed by atoms with van der Waals surface area (Å²) in [5.74, 6) is -0.393. The Labute approximate surface area is 182 Å². The van der Waals surface area contributed by atoms with Crippen LogP contribution in [0.1, 0.15) is 23.6 Å². The second-order valence-corrected chi connectivity index (χ2v) is 7.45. The molecule has 0 spiro atoms. The Hall–Kier alpha value is -3.43. The van der Waals surface area contributed by atoms with Gasteiger partial charge in [-0.2, -0.15) is 0 Å². The van der Waals surface area contributed by atoms with Crippen LogP contribution in [-0.2, 0) is 16.1 Å². The Bertz CT molecular complexity index is 983. The molecule has 4 rings (SSSR count). The molecule has 2 amide bonds. The van der Waals surface area contributed by atoms with E-state index in [2.05, 4.69) is 4.74 Å². The average Bonchev–Trinajstić information content (AvgIpc) is 2.76. The van der Waals surface area contributed by atoms with Crippen LogP contribution >= 0.6 is 0 Å². The van der Waals surface area contributed by atoms with E-state index in [0.29, 0.717) is 18.5 Å². The number of amides is 2. The molecule has 10 heteroatoms. The number of hydrogen-bond acceptors (Lipinski definition) is 5. The first kappa shape index (κ1) is 21.8. The van der Waals surface area contributed by atoms with Crippen molar-refractivity contribution in [1.82, 2.24) is 9.80 Å². The zero-order chi connectivity index (χ0) is 22.7. The molecule has 7 nitrogen and oxygen atoms in total. The normalized spacial score (nSPS) is 18.6. The van der Waals surface area contributed by atoms with E-state index in [9.17, 15) is 22.8 Å². The summed E-state index contributed by atoms with van der Waals surface area (Å²) in [5, 5.41) is 0. The largest absolute Gasteiger partial charge is 0.573 e. The number of fused-ring (bicyclic) bond motifs is 1. The van der Waals surface area contributed by atoms with Crippen molar-refractivity contribution in [2.75, 3.05) is 26.2 Å². The van der Waals surface area contributed by atoms with Crippen LogP contribution < -0.4 is 9.47 Å². The van der Waals surface area contributed by atoms with Crippen molar-refractivity contribution >= 4 is 12.0 Å². The number of alkyl halides is 3. The van der Waals surface area contributed by atoms with Gasteiger partial charge < -0.3 is 19.1 Å². The number of benzene rings is 2. The van der Waals surface area contributed by atoms with Gasteiger partial charge in [0, 0.05) is 31.1 Å². The molecule has 32 heavy (non-hydrogen) atoms. The third-order valence-electron chi connectivity index (χ3n) is 5.32. The number of carbonyl (C=O) groups is 2.